The van der Waals surface area contributed by atoms with Gasteiger partial charge in [-0.05, 0) is 22.0 Å². The minimum Gasteiger partial charge on any atom is -0.481 e. The van der Waals surface area contributed by atoms with Crippen LogP contribution in [-0.4, -0.2) is 20.9 Å². The third-order valence-corrected chi connectivity index (χ3v) is 2.21. The molecule has 0 aliphatic carbocycles. The lowest BCUT2D eigenvalue weighted by Crippen LogP contribution is -2.17. The maximum absolute atomic E-state index is 10.5. The van der Waals surface area contributed by atoms with Crippen LogP contribution in [0.15, 0.2) is 16.9 Å². The first kappa shape index (κ1) is 9.25. The van der Waals surface area contributed by atoms with E-state index in [-0.39, 0.29) is 0 Å². The van der Waals surface area contributed by atoms with Gasteiger partial charge in [0, 0.05) is 0 Å². The van der Waals surface area contributed by atoms with Gasteiger partial charge in [0.25, 0.3) is 0 Å². The molecule has 1 aromatic heterocycles. The first-order valence-corrected chi connectivity index (χ1v) is 4.30. The normalized spacial score (nSPS) is 12.8. The molecule has 5 heteroatoms. The largest absolute Gasteiger partial charge is 0.481 e. The van der Waals surface area contributed by atoms with Gasteiger partial charge in [0.1, 0.15) is 4.60 Å². The van der Waals surface area contributed by atoms with Crippen LogP contribution in [0.5, 0.6) is 0 Å². The number of aromatic nitrogens is 2. The Morgan fingerprint density at radius 2 is 2.58 bits per heavy atom. The van der Waals surface area contributed by atoms with Crippen molar-refractivity contribution in [1.29, 1.82) is 0 Å². The topological polar surface area (TPSA) is 55.1 Å². The number of halogens is 1. The molecule has 0 saturated heterocycles. The van der Waals surface area contributed by atoms with Crippen LogP contribution in [0.2, 0.25) is 0 Å². The Bertz CT molecular complexity index is 285. The van der Waals surface area contributed by atoms with Crippen molar-refractivity contribution in [2.45, 2.75) is 13.5 Å². The number of hydrogen-bond acceptors (Lipinski definition) is 2. The van der Waals surface area contributed by atoms with Gasteiger partial charge in [-0.15, -0.1) is 0 Å². The second-order valence-corrected chi connectivity index (χ2v) is 3.39. The van der Waals surface area contributed by atoms with Gasteiger partial charge >= 0.3 is 5.97 Å². The van der Waals surface area contributed by atoms with E-state index in [1.807, 2.05) is 0 Å². The molecule has 0 aliphatic rings. The van der Waals surface area contributed by atoms with Gasteiger partial charge in [-0.25, -0.2) is 0 Å². The Morgan fingerprint density at radius 3 is 3.00 bits per heavy atom. The van der Waals surface area contributed by atoms with Crippen molar-refractivity contribution >= 4 is 21.9 Å². The molecule has 0 bridgehead atoms. The highest BCUT2D eigenvalue weighted by atomic mass is 79.9. The van der Waals surface area contributed by atoms with Crippen LogP contribution >= 0.6 is 15.9 Å². The van der Waals surface area contributed by atoms with Crippen LogP contribution in [0, 0.1) is 5.92 Å². The number of rotatable bonds is 3. The molecule has 1 aromatic rings. The number of nitrogens with zero attached hydrogens (tertiary/aromatic N) is 2. The van der Waals surface area contributed by atoms with Crippen molar-refractivity contribution in [3.8, 4) is 0 Å². The minimum absolute atomic E-state index is 0.392. The molecule has 0 fully saturated rings. The average molecular weight is 233 g/mol. The zero-order chi connectivity index (χ0) is 9.14. The molecule has 1 unspecified atom stereocenters. The van der Waals surface area contributed by atoms with Crippen LogP contribution in [0.25, 0.3) is 0 Å². The summed E-state index contributed by atoms with van der Waals surface area (Å²) in [6.07, 6.45) is 1.62. The summed E-state index contributed by atoms with van der Waals surface area (Å²) >= 11 is 3.25. The Labute approximate surface area is 78.3 Å². The average Bonchev–Trinajstić information content (AvgIpc) is 2.36. The van der Waals surface area contributed by atoms with Crippen molar-refractivity contribution in [3.63, 3.8) is 0 Å². The lowest BCUT2D eigenvalue weighted by Gasteiger charge is -2.06. The Kier molecular flexibility index (Phi) is 2.86. The minimum atomic E-state index is -0.808. The molecule has 1 heterocycles. The highest BCUT2D eigenvalue weighted by Gasteiger charge is 2.12. The molecule has 0 saturated carbocycles. The first-order valence-electron chi connectivity index (χ1n) is 3.51. The van der Waals surface area contributed by atoms with E-state index in [2.05, 4.69) is 21.0 Å². The molecule has 0 aliphatic heterocycles. The standard InChI is InChI=1S/C7H9BrN2O2/c1-5(7(11)12)4-10-6(8)2-3-9-10/h2-3,5H,4H2,1H3,(H,11,12). The summed E-state index contributed by atoms with van der Waals surface area (Å²) in [5, 5.41) is 12.6. The fraction of sp³-hybridized carbons (Fsp3) is 0.429. The van der Waals surface area contributed by atoms with Crippen molar-refractivity contribution in [3.05, 3.63) is 16.9 Å². The zero-order valence-electron chi connectivity index (χ0n) is 6.57. The number of carboxylic acids is 1. The quantitative estimate of drug-likeness (QED) is 0.857. The van der Waals surface area contributed by atoms with Crippen LogP contribution in [-0.2, 0) is 11.3 Å². The summed E-state index contributed by atoms with van der Waals surface area (Å²) in [5.74, 6) is -1.22. The van der Waals surface area contributed by atoms with Gasteiger partial charge in [0.05, 0.1) is 18.7 Å². The molecule has 0 spiro atoms. The molecule has 0 aromatic carbocycles. The summed E-state index contributed by atoms with van der Waals surface area (Å²) < 4.78 is 2.41. The molecule has 1 N–H and O–H groups in total. The number of carboxylic acid groups (broad SMARTS) is 1. The molecule has 12 heavy (non-hydrogen) atoms. The van der Waals surface area contributed by atoms with E-state index in [1.165, 1.54) is 0 Å². The maximum Gasteiger partial charge on any atom is 0.308 e. The molecule has 4 nitrogen and oxygen atoms in total. The smallest absolute Gasteiger partial charge is 0.308 e. The van der Waals surface area contributed by atoms with E-state index in [0.29, 0.717) is 6.54 Å². The molecule has 1 atom stereocenters. The third kappa shape index (κ3) is 2.07. The zero-order valence-corrected chi connectivity index (χ0v) is 8.15. The first-order chi connectivity index (χ1) is 5.61. The van der Waals surface area contributed by atoms with Gasteiger partial charge in [0.15, 0.2) is 0 Å². The van der Waals surface area contributed by atoms with Crippen molar-refractivity contribution in [2.24, 2.45) is 5.92 Å². The van der Waals surface area contributed by atoms with Gasteiger partial charge in [0.2, 0.25) is 0 Å². The second-order valence-electron chi connectivity index (χ2n) is 2.58. The van der Waals surface area contributed by atoms with Crippen LogP contribution in [0.1, 0.15) is 6.92 Å². The molecular weight excluding hydrogens is 224 g/mol. The van der Waals surface area contributed by atoms with Gasteiger partial charge < -0.3 is 5.11 Å². The number of hydrogen-bond donors (Lipinski definition) is 1. The summed E-state index contributed by atoms with van der Waals surface area (Å²) in [5.41, 5.74) is 0. The molecule has 66 valence electrons. The maximum atomic E-state index is 10.5. The predicted octanol–water partition coefficient (Wildman–Crippen LogP) is 1.37. The van der Waals surface area contributed by atoms with Crippen molar-refractivity contribution in [2.75, 3.05) is 0 Å². The molecule has 0 amide bonds. The molecule has 1 rings (SSSR count). The summed E-state index contributed by atoms with van der Waals surface area (Å²) in [6, 6.07) is 1.77. The monoisotopic (exact) mass is 232 g/mol. The number of carbonyl (C=O) groups is 1. The molecule has 0 radical (unpaired) electrons. The second kappa shape index (κ2) is 3.71. The lowest BCUT2D eigenvalue weighted by molar-refractivity contribution is -0.141. The van der Waals surface area contributed by atoms with Gasteiger partial charge in [-0.2, -0.15) is 5.10 Å². The Balaban J connectivity index is 2.64. The summed E-state index contributed by atoms with van der Waals surface area (Å²) in [7, 11) is 0. The van der Waals surface area contributed by atoms with Crippen molar-refractivity contribution in [1.82, 2.24) is 9.78 Å². The Hall–Kier alpha value is -0.840. The fourth-order valence-electron chi connectivity index (χ4n) is 0.788. The summed E-state index contributed by atoms with van der Waals surface area (Å²) in [4.78, 5) is 10.5. The van der Waals surface area contributed by atoms with Crippen molar-refractivity contribution < 1.29 is 9.90 Å². The Morgan fingerprint density at radius 1 is 1.92 bits per heavy atom. The van der Waals surface area contributed by atoms with E-state index in [9.17, 15) is 4.79 Å². The highest BCUT2D eigenvalue weighted by Crippen LogP contribution is 2.10. The SMILES string of the molecule is CC(Cn1nccc1Br)C(=O)O. The fourth-order valence-corrected chi connectivity index (χ4v) is 1.14. The predicted molar refractivity (Wildman–Crippen MR) is 46.7 cm³/mol. The summed E-state index contributed by atoms with van der Waals surface area (Å²) in [6.45, 7) is 2.04. The number of aliphatic carboxylic acids is 1. The van der Waals surface area contributed by atoms with Gasteiger partial charge in [-0.3, -0.25) is 9.48 Å². The van der Waals surface area contributed by atoms with E-state index < -0.39 is 11.9 Å². The van der Waals surface area contributed by atoms with E-state index >= 15 is 0 Å². The van der Waals surface area contributed by atoms with E-state index in [4.69, 9.17) is 5.11 Å². The third-order valence-electron chi connectivity index (χ3n) is 1.53. The lowest BCUT2D eigenvalue weighted by atomic mass is 10.2. The van der Waals surface area contributed by atoms with Crippen LogP contribution in [0.4, 0.5) is 0 Å². The van der Waals surface area contributed by atoms with E-state index in [1.54, 1.807) is 23.9 Å². The highest BCUT2D eigenvalue weighted by molar-refractivity contribution is 9.10. The molecular formula is C7H9BrN2O2. The van der Waals surface area contributed by atoms with E-state index in [0.717, 1.165) is 4.60 Å². The van der Waals surface area contributed by atoms with Gasteiger partial charge in [-0.1, -0.05) is 6.92 Å². The van der Waals surface area contributed by atoms with Crippen LogP contribution < -0.4 is 0 Å². The van der Waals surface area contributed by atoms with Crippen LogP contribution in [0.3, 0.4) is 0 Å².